The molecule has 40 heavy (non-hydrogen) atoms. The monoisotopic (exact) mass is 542 g/mol. The minimum absolute atomic E-state index is 0.137. The average Bonchev–Trinajstić information content (AvgIpc) is 3.61. The minimum atomic E-state index is -1.05. The van der Waals surface area contributed by atoms with Gasteiger partial charge in [0.1, 0.15) is 11.3 Å². The first-order valence-corrected chi connectivity index (χ1v) is 14.0. The van der Waals surface area contributed by atoms with Crippen LogP contribution < -0.4 is 11.3 Å². The van der Waals surface area contributed by atoms with Gasteiger partial charge in [-0.15, -0.1) is 0 Å². The molecular formula is C31H35FN6O2. The lowest BCUT2D eigenvalue weighted by atomic mass is 9.91. The van der Waals surface area contributed by atoms with Crippen LogP contribution in [-0.2, 0) is 26.7 Å². The molecule has 0 atom stereocenters. The zero-order chi connectivity index (χ0) is 27.9. The van der Waals surface area contributed by atoms with Gasteiger partial charge in [-0.3, -0.25) is 18.9 Å². The number of nitrogens with zero attached hydrogens (tertiary/aromatic N) is 5. The third-order valence-electron chi connectivity index (χ3n) is 8.39. The Morgan fingerprint density at radius 2 is 1.82 bits per heavy atom. The lowest BCUT2D eigenvalue weighted by Gasteiger charge is -2.38. The molecule has 2 aliphatic rings. The van der Waals surface area contributed by atoms with Crippen LogP contribution in [0.2, 0.25) is 0 Å². The van der Waals surface area contributed by atoms with Crippen LogP contribution in [0.5, 0.6) is 0 Å². The van der Waals surface area contributed by atoms with E-state index in [2.05, 4.69) is 21.1 Å². The third-order valence-corrected chi connectivity index (χ3v) is 8.39. The summed E-state index contributed by atoms with van der Waals surface area (Å²) in [4.78, 5) is 20.1. The molecule has 3 N–H and O–H groups in total. The van der Waals surface area contributed by atoms with Crippen LogP contribution in [0.15, 0.2) is 59.7 Å². The van der Waals surface area contributed by atoms with Crippen molar-refractivity contribution in [1.29, 1.82) is 0 Å². The normalized spacial score (nSPS) is 17.4. The van der Waals surface area contributed by atoms with E-state index in [-0.39, 0.29) is 23.4 Å². The maximum atomic E-state index is 14.9. The molecule has 0 spiro atoms. The van der Waals surface area contributed by atoms with Crippen molar-refractivity contribution < 1.29 is 9.50 Å². The van der Waals surface area contributed by atoms with Crippen molar-refractivity contribution in [2.24, 2.45) is 12.8 Å². The molecule has 9 heteroatoms. The van der Waals surface area contributed by atoms with E-state index in [0.717, 1.165) is 41.6 Å². The highest BCUT2D eigenvalue weighted by Crippen LogP contribution is 2.30. The van der Waals surface area contributed by atoms with Crippen LogP contribution in [0.3, 0.4) is 0 Å². The van der Waals surface area contributed by atoms with Gasteiger partial charge < -0.3 is 10.8 Å². The molecule has 2 aromatic carbocycles. The number of likely N-dealkylation sites (tertiary alicyclic amines) is 1. The lowest BCUT2D eigenvalue weighted by Crippen LogP contribution is -2.47. The molecule has 1 aliphatic heterocycles. The molecule has 1 aliphatic carbocycles. The van der Waals surface area contributed by atoms with Gasteiger partial charge in [0.2, 0.25) is 0 Å². The first-order valence-electron chi connectivity index (χ1n) is 14.0. The summed E-state index contributed by atoms with van der Waals surface area (Å²) in [5.74, 6) is -0.179. The highest BCUT2D eigenvalue weighted by atomic mass is 19.1. The fraction of sp³-hybridized carbons (Fsp3) is 0.387. The Morgan fingerprint density at radius 3 is 2.50 bits per heavy atom. The van der Waals surface area contributed by atoms with Crippen molar-refractivity contribution in [2.75, 3.05) is 13.1 Å². The van der Waals surface area contributed by atoms with Gasteiger partial charge in [-0.25, -0.2) is 9.37 Å². The summed E-state index contributed by atoms with van der Waals surface area (Å²) in [6.45, 7) is 2.31. The lowest BCUT2D eigenvalue weighted by molar-refractivity contribution is -0.0366. The number of hydrogen-bond donors (Lipinski definition) is 2. The Balaban J connectivity index is 1.14. The highest BCUT2D eigenvalue weighted by molar-refractivity contribution is 5.89. The van der Waals surface area contributed by atoms with E-state index < -0.39 is 5.60 Å². The molecule has 4 aromatic rings. The predicted octanol–water partition coefficient (Wildman–Crippen LogP) is 3.99. The van der Waals surface area contributed by atoms with E-state index in [4.69, 9.17) is 5.73 Å². The predicted molar refractivity (Wildman–Crippen MR) is 154 cm³/mol. The molecule has 2 aromatic heterocycles. The Hall–Kier alpha value is -3.66. The standard InChI is InChI=1S/C31H35FN6O2/c1-36-29(23-8-6-21(17-33)7-9-23)27-28(35-36)30(39)38(20-34-27)19-31(40)12-14-37(15-13-31)18-25-11-10-24(16-26(25)32)22-4-2-3-5-22/h4,6-11,16,20,40H,2-3,5,12-15,17-19,33H2,1H3. The molecule has 6 rings (SSSR count). The van der Waals surface area contributed by atoms with E-state index in [1.807, 2.05) is 36.4 Å². The fourth-order valence-corrected chi connectivity index (χ4v) is 5.98. The van der Waals surface area contributed by atoms with Crippen LogP contribution in [0.25, 0.3) is 27.9 Å². The molecule has 208 valence electrons. The van der Waals surface area contributed by atoms with Gasteiger partial charge >= 0.3 is 0 Å². The van der Waals surface area contributed by atoms with Crippen molar-refractivity contribution in [2.45, 2.75) is 57.3 Å². The SMILES string of the molecule is Cn1nc2c(=O)n(CC3(O)CCN(Cc4ccc(C5=CCCC5)cc4F)CC3)cnc2c1-c1ccc(CN)cc1. The number of hydrogen-bond acceptors (Lipinski definition) is 6. The van der Waals surface area contributed by atoms with Gasteiger partial charge in [-0.2, -0.15) is 5.10 Å². The molecule has 8 nitrogen and oxygen atoms in total. The smallest absolute Gasteiger partial charge is 0.281 e. The Bertz CT molecular complexity index is 1630. The number of benzene rings is 2. The van der Waals surface area contributed by atoms with Crippen molar-refractivity contribution in [3.63, 3.8) is 0 Å². The van der Waals surface area contributed by atoms with Gasteiger partial charge in [-0.1, -0.05) is 42.5 Å². The minimum Gasteiger partial charge on any atom is -0.388 e. The van der Waals surface area contributed by atoms with Crippen LogP contribution in [0, 0.1) is 5.82 Å². The number of allylic oxidation sites excluding steroid dienone is 2. The number of aromatic nitrogens is 4. The molecule has 0 saturated carbocycles. The van der Waals surface area contributed by atoms with Gasteiger partial charge in [0.25, 0.3) is 5.56 Å². The van der Waals surface area contributed by atoms with Gasteiger partial charge in [-0.05, 0) is 54.9 Å². The summed E-state index contributed by atoms with van der Waals surface area (Å²) >= 11 is 0. The van der Waals surface area contributed by atoms with Crippen molar-refractivity contribution in [1.82, 2.24) is 24.2 Å². The quantitative estimate of drug-likeness (QED) is 0.366. The largest absolute Gasteiger partial charge is 0.388 e. The maximum Gasteiger partial charge on any atom is 0.281 e. The Labute approximate surface area is 232 Å². The number of aryl methyl sites for hydroxylation is 1. The van der Waals surface area contributed by atoms with Gasteiger partial charge in [0.05, 0.1) is 24.2 Å². The summed E-state index contributed by atoms with van der Waals surface area (Å²) in [7, 11) is 1.79. The summed E-state index contributed by atoms with van der Waals surface area (Å²) in [6, 6.07) is 13.4. The molecule has 1 fully saturated rings. The van der Waals surface area contributed by atoms with E-state index in [9.17, 15) is 14.3 Å². The van der Waals surface area contributed by atoms with E-state index in [0.29, 0.717) is 50.1 Å². The molecule has 0 bridgehead atoms. The van der Waals surface area contributed by atoms with Crippen LogP contribution in [-0.4, -0.2) is 48.0 Å². The van der Waals surface area contributed by atoms with Gasteiger partial charge in [0.15, 0.2) is 5.52 Å². The second kappa shape index (κ2) is 10.7. The number of rotatable bonds is 7. The second-order valence-electron chi connectivity index (χ2n) is 11.2. The van der Waals surface area contributed by atoms with E-state index in [1.54, 1.807) is 17.8 Å². The topological polar surface area (TPSA) is 102 Å². The first kappa shape index (κ1) is 26.6. The summed E-state index contributed by atoms with van der Waals surface area (Å²) in [5.41, 5.74) is 10.8. The average molecular weight is 543 g/mol. The number of piperidine rings is 1. The van der Waals surface area contributed by atoms with E-state index in [1.165, 1.54) is 16.5 Å². The first-order chi connectivity index (χ1) is 19.3. The summed E-state index contributed by atoms with van der Waals surface area (Å²) < 4.78 is 18.0. The number of halogens is 1. The Kier molecular flexibility index (Phi) is 7.12. The molecule has 3 heterocycles. The highest BCUT2D eigenvalue weighted by Gasteiger charge is 2.33. The van der Waals surface area contributed by atoms with Crippen LogP contribution in [0.4, 0.5) is 4.39 Å². The molecule has 0 radical (unpaired) electrons. The zero-order valence-corrected chi connectivity index (χ0v) is 22.8. The van der Waals surface area contributed by atoms with Crippen LogP contribution in [0.1, 0.15) is 48.8 Å². The molecule has 0 amide bonds. The molecule has 1 saturated heterocycles. The Morgan fingerprint density at radius 1 is 1.07 bits per heavy atom. The number of aliphatic hydroxyl groups is 1. The van der Waals surface area contributed by atoms with Crippen LogP contribution >= 0.6 is 0 Å². The zero-order valence-electron chi connectivity index (χ0n) is 22.8. The van der Waals surface area contributed by atoms with Crippen molar-refractivity contribution in [3.05, 3.63) is 87.7 Å². The molecule has 0 unspecified atom stereocenters. The second-order valence-corrected chi connectivity index (χ2v) is 11.2. The summed E-state index contributed by atoms with van der Waals surface area (Å²) in [5, 5.41) is 15.8. The van der Waals surface area contributed by atoms with E-state index >= 15 is 0 Å². The summed E-state index contributed by atoms with van der Waals surface area (Å²) in [6.07, 6.45) is 7.88. The third kappa shape index (κ3) is 5.12. The maximum absolute atomic E-state index is 14.9. The fourth-order valence-electron chi connectivity index (χ4n) is 5.98. The van der Waals surface area contributed by atoms with Crippen molar-refractivity contribution >= 4 is 16.6 Å². The molecular weight excluding hydrogens is 507 g/mol. The number of nitrogens with two attached hydrogens (primary N) is 1. The van der Waals surface area contributed by atoms with Gasteiger partial charge in [0, 0.05) is 44.4 Å². The number of fused-ring (bicyclic) bond motifs is 1. The van der Waals surface area contributed by atoms with Crippen molar-refractivity contribution in [3.8, 4) is 11.3 Å².